The van der Waals surface area contributed by atoms with Crippen LogP contribution in [0, 0.1) is 5.92 Å². The molecule has 1 N–H and O–H groups in total. The van der Waals surface area contributed by atoms with Crippen molar-refractivity contribution in [3.63, 3.8) is 0 Å². The lowest BCUT2D eigenvalue weighted by atomic mass is 10.0. The molecule has 0 bridgehead atoms. The number of hydrogen-bond donors (Lipinski definition) is 1. The predicted molar refractivity (Wildman–Crippen MR) is 109 cm³/mol. The third kappa shape index (κ3) is 5.08. The Morgan fingerprint density at radius 3 is 2.47 bits per heavy atom. The number of carbonyl (C=O) groups is 1. The Balaban J connectivity index is 1.87. The molecule has 0 radical (unpaired) electrons. The molecule has 0 saturated carbocycles. The number of aromatic nitrogens is 3. The second-order valence-electron chi connectivity index (χ2n) is 7.16. The second-order valence-corrected chi connectivity index (χ2v) is 8.87. The number of nitrogens with one attached hydrogen (secondary N) is 1. The number of carbonyl (C=O) groups excluding carboxylic acids is 1. The first-order valence-electron chi connectivity index (χ1n) is 9.36. The molecule has 30 heavy (non-hydrogen) atoms. The summed E-state index contributed by atoms with van der Waals surface area (Å²) < 4.78 is 33.7. The third-order valence-corrected chi connectivity index (χ3v) is 5.83. The highest BCUT2D eigenvalue weighted by atomic mass is 32.2. The number of nitrogens with zero attached hydrogens (tertiary/aromatic N) is 3. The molecule has 9 nitrogen and oxygen atoms in total. The molecule has 2 aromatic heterocycles. The summed E-state index contributed by atoms with van der Waals surface area (Å²) in [6.07, 6.45) is 1.79. The maximum absolute atomic E-state index is 13.0. The Bertz CT molecular complexity index is 1150. The van der Waals surface area contributed by atoms with Crippen molar-refractivity contribution in [3.8, 4) is 11.5 Å². The van der Waals surface area contributed by atoms with E-state index in [2.05, 4.69) is 14.9 Å². The molecule has 1 aromatic carbocycles. The van der Waals surface area contributed by atoms with Crippen molar-refractivity contribution in [1.29, 1.82) is 0 Å². The zero-order valence-electron chi connectivity index (χ0n) is 16.6. The average molecular weight is 430 g/mol. The van der Waals surface area contributed by atoms with Gasteiger partial charge in [-0.2, -0.15) is 0 Å². The molecule has 0 saturated heterocycles. The van der Waals surface area contributed by atoms with Crippen molar-refractivity contribution < 1.29 is 17.7 Å². The maximum Gasteiger partial charge on any atom is 0.442 e. The fourth-order valence-corrected chi connectivity index (χ4v) is 4.18. The molecule has 0 amide bonds. The van der Waals surface area contributed by atoms with Crippen LogP contribution < -0.4 is 10.5 Å². The molecule has 0 aliphatic carbocycles. The molecular weight excluding hydrogens is 408 g/mol. The van der Waals surface area contributed by atoms with Crippen molar-refractivity contribution in [2.45, 2.75) is 37.8 Å². The predicted octanol–water partition coefficient (Wildman–Crippen LogP) is 1.86. The van der Waals surface area contributed by atoms with Gasteiger partial charge in [-0.3, -0.25) is 14.3 Å². The first kappa shape index (κ1) is 21.6. The van der Waals surface area contributed by atoms with Crippen LogP contribution in [0.25, 0.3) is 11.5 Å². The summed E-state index contributed by atoms with van der Waals surface area (Å²) in [4.78, 5) is 29.3. The smallest absolute Gasteiger partial charge is 0.296 e. The highest BCUT2D eigenvalue weighted by Crippen LogP contribution is 2.15. The molecule has 158 valence electrons. The van der Waals surface area contributed by atoms with Gasteiger partial charge in [0.25, 0.3) is 0 Å². The van der Waals surface area contributed by atoms with E-state index >= 15 is 0 Å². The summed E-state index contributed by atoms with van der Waals surface area (Å²) in [6.45, 7) is 3.35. The van der Waals surface area contributed by atoms with E-state index < -0.39 is 34.1 Å². The first-order chi connectivity index (χ1) is 14.3. The highest BCUT2D eigenvalue weighted by molar-refractivity contribution is 7.89. The molecule has 0 aliphatic rings. The van der Waals surface area contributed by atoms with Crippen LogP contribution in [0.1, 0.15) is 20.3 Å². The molecule has 0 unspecified atom stereocenters. The zero-order valence-corrected chi connectivity index (χ0v) is 17.4. The lowest BCUT2D eigenvalue weighted by Crippen LogP contribution is -2.43. The van der Waals surface area contributed by atoms with Crippen molar-refractivity contribution in [1.82, 2.24) is 19.4 Å². The van der Waals surface area contributed by atoms with E-state index in [0.29, 0.717) is 5.69 Å². The summed E-state index contributed by atoms with van der Waals surface area (Å²) in [5.74, 6) is -1.17. The number of Topliss-reactive ketones (excluding diaryl/α,β-unsaturated/α-hetero) is 1. The summed E-state index contributed by atoms with van der Waals surface area (Å²) in [5.41, 5.74) is 0.362. The van der Waals surface area contributed by atoms with Crippen LogP contribution in [0.5, 0.6) is 0 Å². The molecule has 0 fully saturated rings. The lowest BCUT2D eigenvalue weighted by Gasteiger charge is -2.20. The van der Waals surface area contributed by atoms with Gasteiger partial charge in [-0.25, -0.2) is 22.5 Å². The van der Waals surface area contributed by atoms with Crippen molar-refractivity contribution in [2.75, 3.05) is 0 Å². The summed E-state index contributed by atoms with van der Waals surface area (Å²) >= 11 is 0. The first-order valence-corrected chi connectivity index (χ1v) is 10.8. The van der Waals surface area contributed by atoms with E-state index in [-0.39, 0.29) is 23.1 Å². The van der Waals surface area contributed by atoms with Gasteiger partial charge in [0.1, 0.15) is 5.69 Å². The standard InChI is InChI=1S/C20H22N4O5S/c1-14(2)12-17(23-30(27,28)15-8-4-3-5-9-15)18(25)13-24-19(22-29-20(24)26)16-10-6-7-11-21-16/h3-11,14,17,23H,12-13H2,1-2H3/t17-/m0/s1. The van der Waals surface area contributed by atoms with Gasteiger partial charge in [-0.1, -0.05) is 43.3 Å². The molecule has 0 spiro atoms. The van der Waals surface area contributed by atoms with E-state index in [1.54, 1.807) is 36.4 Å². The van der Waals surface area contributed by atoms with E-state index in [1.807, 2.05) is 13.8 Å². The summed E-state index contributed by atoms with van der Waals surface area (Å²) in [5, 5.41) is 3.70. The Morgan fingerprint density at radius 1 is 1.13 bits per heavy atom. The number of benzene rings is 1. The SMILES string of the molecule is CC(C)C[C@H](NS(=O)(=O)c1ccccc1)C(=O)Cn1c(-c2ccccn2)noc1=O. The van der Waals surface area contributed by atoms with Crippen LogP contribution >= 0.6 is 0 Å². The number of hydrogen-bond acceptors (Lipinski definition) is 7. The van der Waals surface area contributed by atoms with Crippen LogP contribution in [0.2, 0.25) is 0 Å². The Labute approximate surface area is 173 Å². The normalized spacial score (nSPS) is 12.8. The monoisotopic (exact) mass is 430 g/mol. The van der Waals surface area contributed by atoms with Crippen LogP contribution in [-0.2, 0) is 21.4 Å². The molecule has 3 aromatic rings. The quantitative estimate of drug-likeness (QED) is 0.549. The molecule has 1 atom stereocenters. The maximum atomic E-state index is 13.0. The number of rotatable bonds is 9. The van der Waals surface area contributed by atoms with Crippen molar-refractivity contribution >= 4 is 15.8 Å². The van der Waals surface area contributed by atoms with Gasteiger partial charge in [0, 0.05) is 6.20 Å². The minimum Gasteiger partial charge on any atom is -0.296 e. The lowest BCUT2D eigenvalue weighted by molar-refractivity contribution is -0.121. The van der Waals surface area contributed by atoms with Gasteiger partial charge in [0.15, 0.2) is 5.78 Å². The third-order valence-electron chi connectivity index (χ3n) is 4.34. The molecule has 0 aliphatic heterocycles. The summed E-state index contributed by atoms with van der Waals surface area (Å²) in [7, 11) is -3.91. The highest BCUT2D eigenvalue weighted by Gasteiger charge is 2.28. The van der Waals surface area contributed by atoms with Crippen LogP contribution in [0.4, 0.5) is 0 Å². The molecular formula is C20H22N4O5S. The van der Waals surface area contributed by atoms with Gasteiger partial charge in [-0.05, 0) is 36.6 Å². The topological polar surface area (TPSA) is 124 Å². The Hall–Kier alpha value is -3.11. The van der Waals surface area contributed by atoms with E-state index in [0.717, 1.165) is 4.57 Å². The number of sulfonamides is 1. The van der Waals surface area contributed by atoms with Crippen LogP contribution in [-0.4, -0.2) is 35.0 Å². The second kappa shape index (κ2) is 9.14. The largest absolute Gasteiger partial charge is 0.442 e. The van der Waals surface area contributed by atoms with E-state index in [4.69, 9.17) is 4.52 Å². The Kier molecular flexibility index (Phi) is 6.58. The minimum atomic E-state index is -3.91. The van der Waals surface area contributed by atoms with Crippen LogP contribution in [0.3, 0.4) is 0 Å². The van der Waals surface area contributed by atoms with E-state index in [1.165, 1.54) is 18.3 Å². The van der Waals surface area contributed by atoms with Crippen molar-refractivity contribution in [3.05, 3.63) is 65.3 Å². The van der Waals surface area contributed by atoms with Crippen LogP contribution in [0.15, 0.2) is 68.9 Å². The molecule has 3 rings (SSSR count). The van der Waals surface area contributed by atoms with Gasteiger partial charge in [0.2, 0.25) is 15.8 Å². The summed E-state index contributed by atoms with van der Waals surface area (Å²) in [6, 6.07) is 11.8. The Morgan fingerprint density at radius 2 is 1.83 bits per heavy atom. The zero-order chi connectivity index (χ0) is 21.7. The molecule has 2 heterocycles. The average Bonchev–Trinajstić information content (AvgIpc) is 3.08. The van der Waals surface area contributed by atoms with Crippen molar-refractivity contribution in [2.24, 2.45) is 5.92 Å². The number of pyridine rings is 1. The fraction of sp³-hybridized carbons (Fsp3) is 0.300. The minimum absolute atomic E-state index is 0.0341. The van der Waals surface area contributed by atoms with Gasteiger partial charge < -0.3 is 0 Å². The van der Waals surface area contributed by atoms with Gasteiger partial charge in [0.05, 0.1) is 17.5 Å². The fourth-order valence-electron chi connectivity index (χ4n) is 2.92. The number of ketones is 1. The van der Waals surface area contributed by atoms with Gasteiger partial charge in [-0.15, -0.1) is 0 Å². The van der Waals surface area contributed by atoms with Gasteiger partial charge >= 0.3 is 5.76 Å². The molecule has 10 heteroatoms. The van der Waals surface area contributed by atoms with E-state index in [9.17, 15) is 18.0 Å².